The van der Waals surface area contributed by atoms with Crippen molar-refractivity contribution >= 4 is 15.6 Å². The lowest BCUT2D eigenvalue weighted by molar-refractivity contribution is -0.137. The largest absolute Gasteiger partial charge is 0.416 e. The van der Waals surface area contributed by atoms with Crippen LogP contribution in [0.5, 0.6) is 0 Å². The zero-order chi connectivity index (χ0) is 17.5. The van der Waals surface area contributed by atoms with Crippen LogP contribution in [0, 0.1) is 0 Å². The summed E-state index contributed by atoms with van der Waals surface area (Å²) in [6.45, 7) is 1.89. The third-order valence-electron chi connectivity index (χ3n) is 3.93. The van der Waals surface area contributed by atoms with E-state index in [9.17, 15) is 17.4 Å². The summed E-state index contributed by atoms with van der Waals surface area (Å²) in [6, 6.07) is 10.9. The van der Waals surface area contributed by atoms with Gasteiger partial charge in [0.25, 0.3) is 0 Å². The Morgan fingerprint density at radius 1 is 1.12 bits per heavy atom. The molecular weight excluding hydrogens is 339 g/mol. The van der Waals surface area contributed by atoms with E-state index in [2.05, 4.69) is 9.68 Å². The number of anilines is 1. The number of alkyl halides is 3. The summed E-state index contributed by atoms with van der Waals surface area (Å²) in [6.07, 6.45) is -4.45. The fourth-order valence-electron chi connectivity index (χ4n) is 2.70. The van der Waals surface area contributed by atoms with Crippen LogP contribution in [0.15, 0.2) is 57.8 Å². The smallest absolute Gasteiger partial charge is 0.380 e. The second kappa shape index (κ2) is 5.78. The molecule has 0 amide bonds. The monoisotopic (exact) mass is 355 g/mol. The van der Waals surface area contributed by atoms with Crippen LogP contribution in [0.2, 0.25) is 0 Å². The first-order chi connectivity index (χ1) is 11.2. The van der Waals surface area contributed by atoms with E-state index in [1.54, 1.807) is 0 Å². The number of fused-ring (bicyclic) bond motifs is 1. The Balaban J connectivity index is 1.99. The van der Waals surface area contributed by atoms with Gasteiger partial charge in [0.05, 0.1) is 16.5 Å². The molecule has 1 aliphatic heterocycles. The molecule has 2 aromatic carbocycles. The second-order valence-corrected chi connectivity index (χ2v) is 7.48. The highest BCUT2D eigenvalue weighted by Gasteiger charge is 2.31. The van der Waals surface area contributed by atoms with E-state index in [1.807, 2.05) is 31.2 Å². The molecule has 3 unspecified atom stereocenters. The average Bonchev–Trinajstić information content (AvgIpc) is 2.82. The summed E-state index contributed by atoms with van der Waals surface area (Å²) in [4.78, 5) is 0.0760. The summed E-state index contributed by atoms with van der Waals surface area (Å²) >= 11 is 0. The quantitative estimate of drug-likeness (QED) is 0.856. The number of para-hydroxylation sites is 1. The normalized spacial score (nSPS) is 22.4. The van der Waals surface area contributed by atoms with E-state index in [1.165, 1.54) is 0 Å². The Morgan fingerprint density at radius 3 is 2.38 bits per heavy atom. The molecule has 2 aromatic rings. The fraction of sp³-hybridized carbons (Fsp3) is 0.250. The molecule has 0 spiro atoms. The molecule has 0 aromatic heterocycles. The number of nitrogens with two attached hydrogens (primary N) is 1. The minimum absolute atomic E-state index is 0.0760. The Labute approximate surface area is 138 Å². The van der Waals surface area contributed by atoms with Gasteiger partial charge in [0, 0.05) is 11.3 Å². The van der Waals surface area contributed by atoms with Gasteiger partial charge in [-0.2, -0.15) is 13.2 Å². The van der Waals surface area contributed by atoms with Crippen LogP contribution in [-0.4, -0.2) is 10.3 Å². The number of nitrogens with one attached hydrogen (secondary N) is 1. The van der Waals surface area contributed by atoms with Crippen LogP contribution >= 0.6 is 0 Å². The first-order valence-electron chi connectivity index (χ1n) is 7.25. The highest BCUT2D eigenvalue weighted by atomic mass is 32.2. The minimum atomic E-state index is -4.45. The summed E-state index contributed by atoms with van der Waals surface area (Å²) < 4.78 is 54.9. The molecule has 8 heteroatoms. The van der Waals surface area contributed by atoms with Crippen LogP contribution in [0.3, 0.4) is 0 Å². The predicted octanol–water partition coefficient (Wildman–Crippen LogP) is 3.96. The maximum Gasteiger partial charge on any atom is 0.416 e. The maximum absolute atomic E-state index is 12.8. The summed E-state index contributed by atoms with van der Waals surface area (Å²) in [5.41, 5.74) is 0.944. The Hall–Kier alpha value is -2.06. The Kier molecular flexibility index (Phi) is 4.05. The van der Waals surface area contributed by atoms with Crippen molar-refractivity contribution in [3.05, 3.63) is 59.7 Å². The lowest BCUT2D eigenvalue weighted by Gasteiger charge is -2.14. The van der Waals surface area contributed by atoms with Crippen molar-refractivity contribution in [3.63, 3.8) is 0 Å². The number of hydrogen-bond acceptors (Lipinski definition) is 3. The third kappa shape index (κ3) is 3.11. The van der Waals surface area contributed by atoms with Crippen molar-refractivity contribution in [2.45, 2.75) is 30.1 Å². The van der Waals surface area contributed by atoms with Gasteiger partial charge < -0.3 is 5.32 Å². The van der Waals surface area contributed by atoms with Gasteiger partial charge in [-0.15, -0.1) is 0 Å². The molecule has 0 saturated carbocycles. The average molecular weight is 355 g/mol. The molecule has 1 heterocycles. The zero-order valence-corrected chi connectivity index (χ0v) is 13.6. The number of halogens is 3. The molecule has 3 rings (SSSR count). The lowest BCUT2D eigenvalue weighted by Crippen LogP contribution is -2.20. The maximum atomic E-state index is 12.8. The standard InChI is InChI=1S/C16H16F3N3OS/c1-10-15(13-4-2-3-5-14(13)21-10)22-24(20,23)12-8-6-11(7-9-12)16(17,18)19/h2-10,15,21H,1H3,(H2,20,22,23). The predicted molar refractivity (Wildman–Crippen MR) is 86.7 cm³/mol. The number of nitrogens with zero attached hydrogens (tertiary/aromatic N) is 1. The Morgan fingerprint density at radius 2 is 1.75 bits per heavy atom. The molecule has 0 saturated heterocycles. The molecule has 0 fully saturated rings. The van der Waals surface area contributed by atoms with Crippen LogP contribution in [-0.2, 0) is 16.1 Å². The molecule has 4 nitrogen and oxygen atoms in total. The van der Waals surface area contributed by atoms with Crippen molar-refractivity contribution in [2.75, 3.05) is 5.32 Å². The van der Waals surface area contributed by atoms with E-state index in [0.29, 0.717) is 0 Å². The van der Waals surface area contributed by atoms with Crippen molar-refractivity contribution in [1.29, 1.82) is 0 Å². The van der Waals surface area contributed by atoms with Gasteiger partial charge in [-0.25, -0.2) is 13.7 Å². The van der Waals surface area contributed by atoms with Crippen molar-refractivity contribution < 1.29 is 17.4 Å². The first kappa shape index (κ1) is 16.8. The van der Waals surface area contributed by atoms with Gasteiger partial charge in [0.2, 0.25) is 0 Å². The fourth-order valence-corrected chi connectivity index (χ4v) is 3.98. The van der Waals surface area contributed by atoms with Crippen LogP contribution in [0.25, 0.3) is 0 Å². The van der Waals surface area contributed by atoms with E-state index in [0.717, 1.165) is 35.5 Å². The highest BCUT2D eigenvalue weighted by molar-refractivity contribution is 7.91. The van der Waals surface area contributed by atoms with E-state index in [4.69, 9.17) is 5.14 Å². The van der Waals surface area contributed by atoms with Crippen molar-refractivity contribution in [1.82, 2.24) is 0 Å². The molecule has 0 bridgehead atoms. The van der Waals surface area contributed by atoms with E-state index in [-0.39, 0.29) is 10.9 Å². The van der Waals surface area contributed by atoms with E-state index < -0.39 is 27.7 Å². The Bertz CT molecular complexity index is 871. The molecule has 3 N–H and O–H groups in total. The second-order valence-electron chi connectivity index (χ2n) is 5.66. The molecule has 128 valence electrons. The SMILES string of the molecule is CC1Nc2ccccc2C1N=S(N)(=O)c1ccc(C(F)(F)F)cc1. The van der Waals surface area contributed by atoms with Crippen LogP contribution < -0.4 is 10.5 Å². The molecule has 3 atom stereocenters. The van der Waals surface area contributed by atoms with Crippen molar-refractivity contribution in [2.24, 2.45) is 9.50 Å². The lowest BCUT2D eigenvalue weighted by atomic mass is 10.1. The molecule has 0 aliphatic carbocycles. The zero-order valence-electron chi connectivity index (χ0n) is 12.7. The van der Waals surface area contributed by atoms with Crippen molar-refractivity contribution in [3.8, 4) is 0 Å². The van der Waals surface area contributed by atoms with Gasteiger partial charge in [0.1, 0.15) is 16.0 Å². The third-order valence-corrected chi connectivity index (χ3v) is 5.41. The van der Waals surface area contributed by atoms with E-state index >= 15 is 0 Å². The number of benzene rings is 2. The summed E-state index contributed by atoms with van der Waals surface area (Å²) in [7, 11) is -3.31. The topological polar surface area (TPSA) is 67.5 Å². The van der Waals surface area contributed by atoms with Gasteiger partial charge in [0.15, 0.2) is 0 Å². The molecular formula is C16H16F3N3OS. The molecule has 1 aliphatic rings. The number of hydrogen-bond donors (Lipinski definition) is 2. The highest BCUT2D eigenvalue weighted by Crippen LogP contribution is 2.37. The number of rotatable bonds is 2. The van der Waals surface area contributed by atoms with Gasteiger partial charge >= 0.3 is 6.18 Å². The van der Waals surface area contributed by atoms with Gasteiger partial charge in [-0.05, 0) is 37.3 Å². The minimum Gasteiger partial charge on any atom is -0.380 e. The van der Waals surface area contributed by atoms with Crippen LogP contribution in [0.1, 0.15) is 24.1 Å². The molecule has 24 heavy (non-hydrogen) atoms. The first-order valence-corrected chi connectivity index (χ1v) is 8.83. The molecule has 0 radical (unpaired) electrons. The van der Waals surface area contributed by atoms with Gasteiger partial charge in [-0.3, -0.25) is 0 Å². The summed E-state index contributed by atoms with van der Waals surface area (Å²) in [5.74, 6) is 0. The van der Waals surface area contributed by atoms with Crippen LogP contribution in [0.4, 0.5) is 18.9 Å². The van der Waals surface area contributed by atoms with Gasteiger partial charge in [-0.1, -0.05) is 18.2 Å². The summed E-state index contributed by atoms with van der Waals surface area (Å²) in [5, 5.41) is 9.08.